The minimum Gasteiger partial charge on any atom is -0.465 e. The van der Waals surface area contributed by atoms with E-state index >= 15 is 0 Å². The molecule has 0 saturated heterocycles. The lowest BCUT2D eigenvalue weighted by molar-refractivity contribution is -0.162. The number of aromatic nitrogens is 1. The molecule has 0 saturated carbocycles. The minimum absolute atomic E-state index is 0.212. The molecule has 1 unspecified atom stereocenters. The zero-order chi connectivity index (χ0) is 17.5. The molecule has 5 nitrogen and oxygen atoms in total. The molecule has 0 bridgehead atoms. The predicted molar refractivity (Wildman–Crippen MR) is 90.5 cm³/mol. The molecule has 1 heterocycles. The van der Waals surface area contributed by atoms with Crippen LogP contribution in [0.3, 0.4) is 0 Å². The molecule has 2 rings (SSSR count). The topological polar surface area (TPSA) is 57.5 Å². The average Bonchev–Trinajstić information content (AvgIpc) is 2.99. The van der Waals surface area contributed by atoms with Gasteiger partial charge in [-0.25, -0.2) is 0 Å². The van der Waals surface area contributed by atoms with Crippen molar-refractivity contribution >= 4 is 11.9 Å². The average molecular weight is 329 g/mol. The molecular weight excluding hydrogens is 306 g/mol. The van der Waals surface area contributed by atoms with Gasteiger partial charge < -0.3 is 14.0 Å². The molecule has 5 heteroatoms. The first-order valence-electron chi connectivity index (χ1n) is 8.09. The second-order valence-electron chi connectivity index (χ2n) is 5.41. The van der Waals surface area contributed by atoms with E-state index in [-0.39, 0.29) is 13.2 Å². The van der Waals surface area contributed by atoms with Crippen LogP contribution in [0.2, 0.25) is 0 Å². The van der Waals surface area contributed by atoms with E-state index in [0.29, 0.717) is 0 Å². The highest BCUT2D eigenvalue weighted by atomic mass is 16.6. The van der Waals surface area contributed by atoms with Gasteiger partial charge in [0.1, 0.15) is 0 Å². The smallest absolute Gasteiger partial charge is 0.321 e. The second kappa shape index (κ2) is 8.34. The van der Waals surface area contributed by atoms with E-state index in [1.54, 1.807) is 13.8 Å². The Balaban J connectivity index is 2.54. The van der Waals surface area contributed by atoms with Crippen molar-refractivity contribution in [1.29, 1.82) is 0 Å². The van der Waals surface area contributed by atoms with Crippen molar-refractivity contribution in [3.8, 4) is 0 Å². The van der Waals surface area contributed by atoms with Crippen molar-refractivity contribution in [2.45, 2.75) is 19.8 Å². The highest BCUT2D eigenvalue weighted by Crippen LogP contribution is 2.34. The second-order valence-corrected chi connectivity index (χ2v) is 5.41. The quantitative estimate of drug-likeness (QED) is 0.579. The Morgan fingerprint density at radius 2 is 1.54 bits per heavy atom. The summed E-state index contributed by atoms with van der Waals surface area (Å²) in [5.41, 5.74) is 1.72. The van der Waals surface area contributed by atoms with Gasteiger partial charge in [-0.15, -0.1) is 0 Å². The number of aryl methyl sites for hydroxylation is 1. The predicted octanol–water partition coefficient (Wildman–Crippen LogP) is 2.90. The van der Waals surface area contributed by atoms with Crippen LogP contribution in [0.1, 0.15) is 31.0 Å². The van der Waals surface area contributed by atoms with Crippen LogP contribution in [0.15, 0.2) is 48.7 Å². The van der Waals surface area contributed by atoms with Gasteiger partial charge in [0, 0.05) is 24.9 Å². The number of hydrogen-bond acceptors (Lipinski definition) is 4. The number of carbonyl (C=O) groups is 2. The highest BCUT2D eigenvalue weighted by molar-refractivity contribution is 5.96. The Bertz CT molecular complexity index is 660. The van der Waals surface area contributed by atoms with Crippen LogP contribution in [0, 0.1) is 5.92 Å². The molecule has 0 aliphatic heterocycles. The van der Waals surface area contributed by atoms with Crippen LogP contribution in [-0.4, -0.2) is 29.7 Å². The van der Waals surface area contributed by atoms with Crippen molar-refractivity contribution in [2.24, 2.45) is 13.0 Å². The summed E-state index contributed by atoms with van der Waals surface area (Å²) in [5, 5.41) is 0. The molecule has 1 atom stereocenters. The first kappa shape index (κ1) is 17.8. The monoisotopic (exact) mass is 329 g/mol. The third-order valence-corrected chi connectivity index (χ3v) is 3.88. The number of rotatable bonds is 7. The molecule has 1 aromatic carbocycles. The Kier molecular flexibility index (Phi) is 6.18. The largest absolute Gasteiger partial charge is 0.465 e. The van der Waals surface area contributed by atoms with Crippen LogP contribution in [0.4, 0.5) is 0 Å². The maximum atomic E-state index is 12.5. The lowest BCUT2D eigenvalue weighted by Gasteiger charge is -2.25. The minimum atomic E-state index is -1.04. The maximum Gasteiger partial charge on any atom is 0.321 e. The standard InChI is InChI=1S/C19H23NO4/c1-4-23-18(21)17(19(22)24-5-2)16(14-10-7-6-8-11-14)15-12-9-13-20(15)3/h6-13,16-17H,4-5H2,1-3H3. The number of hydrogen-bond donors (Lipinski definition) is 0. The summed E-state index contributed by atoms with van der Waals surface area (Å²) in [4.78, 5) is 25.1. The van der Waals surface area contributed by atoms with Gasteiger partial charge >= 0.3 is 11.9 Å². The number of carbonyl (C=O) groups excluding carboxylic acids is 2. The van der Waals surface area contributed by atoms with Gasteiger partial charge in [-0.05, 0) is 31.5 Å². The fourth-order valence-corrected chi connectivity index (χ4v) is 2.82. The van der Waals surface area contributed by atoms with E-state index in [0.717, 1.165) is 11.3 Å². The van der Waals surface area contributed by atoms with E-state index in [2.05, 4.69) is 0 Å². The molecule has 0 aliphatic rings. The van der Waals surface area contributed by atoms with Crippen LogP contribution < -0.4 is 0 Å². The molecule has 2 aromatic rings. The van der Waals surface area contributed by atoms with E-state index in [4.69, 9.17) is 9.47 Å². The van der Waals surface area contributed by atoms with Crippen LogP contribution in [0.5, 0.6) is 0 Å². The first-order chi connectivity index (χ1) is 11.6. The Labute approximate surface area is 142 Å². The van der Waals surface area contributed by atoms with Crippen molar-refractivity contribution < 1.29 is 19.1 Å². The molecule has 1 aromatic heterocycles. The van der Waals surface area contributed by atoms with Crippen LogP contribution in [0.25, 0.3) is 0 Å². The van der Waals surface area contributed by atoms with E-state index in [1.807, 2.05) is 60.3 Å². The van der Waals surface area contributed by atoms with Crippen molar-refractivity contribution in [1.82, 2.24) is 4.57 Å². The van der Waals surface area contributed by atoms with Gasteiger partial charge in [0.2, 0.25) is 0 Å². The number of ether oxygens (including phenoxy) is 2. The lowest BCUT2D eigenvalue weighted by atomic mass is 9.83. The van der Waals surface area contributed by atoms with E-state index in [9.17, 15) is 9.59 Å². The van der Waals surface area contributed by atoms with Crippen molar-refractivity contribution in [3.05, 3.63) is 59.9 Å². The van der Waals surface area contributed by atoms with Crippen LogP contribution in [-0.2, 0) is 26.1 Å². The highest BCUT2D eigenvalue weighted by Gasteiger charge is 2.40. The van der Waals surface area contributed by atoms with Gasteiger partial charge in [-0.2, -0.15) is 0 Å². The van der Waals surface area contributed by atoms with Gasteiger partial charge in [0.25, 0.3) is 0 Å². The summed E-state index contributed by atoms with van der Waals surface area (Å²) in [6.07, 6.45) is 1.89. The number of benzene rings is 1. The number of nitrogens with zero attached hydrogens (tertiary/aromatic N) is 1. The summed E-state index contributed by atoms with van der Waals surface area (Å²) in [6, 6.07) is 13.3. The van der Waals surface area contributed by atoms with E-state index < -0.39 is 23.8 Å². The number of esters is 2. The molecular formula is C19H23NO4. The molecule has 0 spiro atoms. The van der Waals surface area contributed by atoms with Gasteiger partial charge in [0.15, 0.2) is 5.92 Å². The molecule has 0 fully saturated rings. The fourth-order valence-electron chi connectivity index (χ4n) is 2.82. The Morgan fingerprint density at radius 3 is 2.00 bits per heavy atom. The Morgan fingerprint density at radius 1 is 0.958 bits per heavy atom. The summed E-state index contributed by atoms with van der Waals surface area (Å²) < 4.78 is 12.2. The molecule has 0 N–H and O–H groups in total. The van der Waals surface area contributed by atoms with Gasteiger partial charge in [0.05, 0.1) is 13.2 Å². The Hall–Kier alpha value is -2.56. The van der Waals surface area contributed by atoms with Crippen molar-refractivity contribution in [2.75, 3.05) is 13.2 Å². The van der Waals surface area contributed by atoms with Crippen LogP contribution >= 0.6 is 0 Å². The zero-order valence-corrected chi connectivity index (χ0v) is 14.3. The van der Waals surface area contributed by atoms with Gasteiger partial charge in [-0.3, -0.25) is 9.59 Å². The third kappa shape index (κ3) is 3.85. The normalized spacial score (nSPS) is 12.0. The fraction of sp³-hybridized carbons (Fsp3) is 0.368. The van der Waals surface area contributed by atoms with E-state index in [1.165, 1.54) is 0 Å². The summed E-state index contributed by atoms with van der Waals surface area (Å²) in [6.45, 7) is 3.87. The van der Waals surface area contributed by atoms with Gasteiger partial charge in [-0.1, -0.05) is 30.3 Å². The SMILES string of the molecule is CCOC(=O)C(C(=O)OCC)C(c1ccccc1)c1cccn1C. The zero-order valence-electron chi connectivity index (χ0n) is 14.3. The lowest BCUT2D eigenvalue weighted by Crippen LogP contribution is -2.34. The molecule has 24 heavy (non-hydrogen) atoms. The first-order valence-corrected chi connectivity index (χ1v) is 8.09. The molecule has 128 valence electrons. The summed E-state index contributed by atoms with van der Waals surface area (Å²) in [7, 11) is 1.89. The molecule has 0 radical (unpaired) electrons. The summed E-state index contributed by atoms with van der Waals surface area (Å²) >= 11 is 0. The van der Waals surface area contributed by atoms with Crippen molar-refractivity contribution in [3.63, 3.8) is 0 Å². The third-order valence-electron chi connectivity index (χ3n) is 3.88. The molecule has 0 aliphatic carbocycles. The summed E-state index contributed by atoms with van der Waals surface area (Å²) in [5.74, 6) is -2.64. The molecule has 0 amide bonds. The maximum absolute atomic E-state index is 12.5.